The molecule has 0 fully saturated rings. The number of nitrogens with zero attached hydrogens (tertiary/aromatic N) is 1. The van der Waals surface area contributed by atoms with Crippen LogP contribution >= 0.6 is 0 Å². The van der Waals surface area contributed by atoms with Crippen molar-refractivity contribution in [3.63, 3.8) is 0 Å². The average Bonchev–Trinajstić information content (AvgIpc) is 2.37. The zero-order chi connectivity index (χ0) is 13.7. The van der Waals surface area contributed by atoms with Gasteiger partial charge in [0, 0.05) is 13.6 Å². The standard InChI is InChI=1S/C14H19NO3/c1-4-10(2)9-15(3)13(16)11-7-5-6-8-12(11)14(17)18/h5-8,10H,4,9H2,1-3H3,(H,17,18). The molecule has 4 heteroatoms. The lowest BCUT2D eigenvalue weighted by Gasteiger charge is -2.21. The van der Waals surface area contributed by atoms with Crippen LogP contribution in [0.5, 0.6) is 0 Å². The molecule has 0 saturated carbocycles. The summed E-state index contributed by atoms with van der Waals surface area (Å²) in [5.41, 5.74) is 0.300. The predicted molar refractivity (Wildman–Crippen MR) is 69.8 cm³/mol. The van der Waals surface area contributed by atoms with E-state index in [2.05, 4.69) is 13.8 Å². The lowest BCUT2D eigenvalue weighted by Crippen LogP contribution is -2.32. The molecule has 1 aromatic rings. The first-order valence-corrected chi connectivity index (χ1v) is 6.05. The highest BCUT2D eigenvalue weighted by Crippen LogP contribution is 2.13. The van der Waals surface area contributed by atoms with Crippen LogP contribution in [0, 0.1) is 5.92 Å². The van der Waals surface area contributed by atoms with Gasteiger partial charge in [0.2, 0.25) is 0 Å². The van der Waals surface area contributed by atoms with Crippen molar-refractivity contribution in [2.75, 3.05) is 13.6 Å². The van der Waals surface area contributed by atoms with Gasteiger partial charge in [-0.25, -0.2) is 4.79 Å². The number of benzene rings is 1. The molecule has 1 aromatic carbocycles. The Kier molecular flexibility index (Phi) is 4.89. The fourth-order valence-electron chi connectivity index (χ4n) is 1.74. The van der Waals surface area contributed by atoms with Gasteiger partial charge in [0.15, 0.2) is 0 Å². The molecule has 1 amide bonds. The fraction of sp³-hybridized carbons (Fsp3) is 0.429. The Morgan fingerprint density at radius 1 is 1.28 bits per heavy atom. The molecule has 0 aromatic heterocycles. The van der Waals surface area contributed by atoms with Crippen LogP contribution in [-0.4, -0.2) is 35.5 Å². The Bertz CT molecular complexity index is 442. The third kappa shape index (κ3) is 3.32. The first-order valence-electron chi connectivity index (χ1n) is 6.05. The van der Waals surface area contributed by atoms with Gasteiger partial charge in [-0.05, 0) is 18.1 Å². The molecule has 0 radical (unpaired) electrons. The van der Waals surface area contributed by atoms with E-state index in [9.17, 15) is 9.59 Å². The normalized spacial score (nSPS) is 11.9. The second-order valence-corrected chi connectivity index (χ2v) is 4.55. The summed E-state index contributed by atoms with van der Waals surface area (Å²) in [6.07, 6.45) is 0.984. The van der Waals surface area contributed by atoms with Gasteiger partial charge in [-0.2, -0.15) is 0 Å². The summed E-state index contributed by atoms with van der Waals surface area (Å²) in [6, 6.07) is 6.30. The lowest BCUT2D eigenvalue weighted by molar-refractivity contribution is 0.0679. The summed E-state index contributed by atoms with van der Waals surface area (Å²) in [6.45, 7) is 4.75. The van der Waals surface area contributed by atoms with Crippen LogP contribution in [0.4, 0.5) is 0 Å². The molecule has 0 heterocycles. The minimum absolute atomic E-state index is 0.0542. The van der Waals surface area contributed by atoms with Crippen molar-refractivity contribution in [1.29, 1.82) is 0 Å². The molecule has 0 aliphatic carbocycles. The Labute approximate surface area is 107 Å². The van der Waals surface area contributed by atoms with Crippen molar-refractivity contribution in [3.8, 4) is 0 Å². The molecular formula is C14H19NO3. The number of hydrogen-bond donors (Lipinski definition) is 1. The van der Waals surface area contributed by atoms with Gasteiger partial charge in [-0.15, -0.1) is 0 Å². The monoisotopic (exact) mass is 249 g/mol. The van der Waals surface area contributed by atoms with Gasteiger partial charge in [0.1, 0.15) is 0 Å². The van der Waals surface area contributed by atoms with Gasteiger partial charge in [0.25, 0.3) is 5.91 Å². The number of carbonyl (C=O) groups is 2. The second kappa shape index (κ2) is 6.19. The number of carboxylic acids is 1. The molecule has 0 spiro atoms. The Morgan fingerprint density at radius 2 is 1.83 bits per heavy atom. The molecule has 0 aliphatic heterocycles. The van der Waals surface area contributed by atoms with E-state index in [1.807, 2.05) is 0 Å². The van der Waals surface area contributed by atoms with Crippen molar-refractivity contribution in [2.45, 2.75) is 20.3 Å². The highest BCUT2D eigenvalue weighted by atomic mass is 16.4. The molecule has 18 heavy (non-hydrogen) atoms. The highest BCUT2D eigenvalue weighted by Gasteiger charge is 2.19. The average molecular weight is 249 g/mol. The summed E-state index contributed by atoms with van der Waals surface area (Å²) in [7, 11) is 1.70. The van der Waals surface area contributed by atoms with E-state index in [-0.39, 0.29) is 17.0 Å². The molecule has 1 rings (SSSR count). The molecule has 1 N–H and O–H groups in total. The second-order valence-electron chi connectivity index (χ2n) is 4.55. The first-order chi connectivity index (χ1) is 8.47. The van der Waals surface area contributed by atoms with Gasteiger partial charge in [0.05, 0.1) is 11.1 Å². The molecule has 0 aliphatic rings. The Morgan fingerprint density at radius 3 is 2.33 bits per heavy atom. The van der Waals surface area contributed by atoms with Crippen molar-refractivity contribution in [3.05, 3.63) is 35.4 Å². The maximum absolute atomic E-state index is 12.2. The Balaban J connectivity index is 2.93. The van der Waals surface area contributed by atoms with E-state index in [4.69, 9.17) is 5.11 Å². The van der Waals surface area contributed by atoms with Crippen molar-refractivity contribution in [1.82, 2.24) is 4.90 Å². The van der Waals surface area contributed by atoms with Gasteiger partial charge in [-0.1, -0.05) is 32.4 Å². The van der Waals surface area contributed by atoms with Gasteiger partial charge < -0.3 is 10.0 Å². The summed E-state index contributed by atoms with van der Waals surface area (Å²) in [4.78, 5) is 24.8. The van der Waals surface area contributed by atoms with Crippen LogP contribution in [0.2, 0.25) is 0 Å². The number of rotatable bonds is 5. The van der Waals surface area contributed by atoms with E-state index >= 15 is 0 Å². The number of hydrogen-bond acceptors (Lipinski definition) is 2. The maximum Gasteiger partial charge on any atom is 0.336 e. The molecule has 98 valence electrons. The van der Waals surface area contributed by atoms with Crippen molar-refractivity contribution >= 4 is 11.9 Å². The molecule has 1 atom stereocenters. The third-order valence-corrected chi connectivity index (χ3v) is 3.02. The van der Waals surface area contributed by atoms with Crippen LogP contribution in [0.15, 0.2) is 24.3 Å². The number of aromatic carboxylic acids is 1. The lowest BCUT2D eigenvalue weighted by atomic mass is 10.0. The summed E-state index contributed by atoms with van der Waals surface area (Å²) < 4.78 is 0. The summed E-state index contributed by atoms with van der Waals surface area (Å²) in [5.74, 6) is -0.917. The highest BCUT2D eigenvalue weighted by molar-refractivity contribution is 6.04. The maximum atomic E-state index is 12.2. The minimum atomic E-state index is -1.07. The van der Waals surface area contributed by atoms with Crippen LogP contribution in [0.3, 0.4) is 0 Å². The van der Waals surface area contributed by atoms with E-state index in [0.717, 1.165) is 6.42 Å². The van der Waals surface area contributed by atoms with Gasteiger partial charge >= 0.3 is 5.97 Å². The molecule has 4 nitrogen and oxygen atoms in total. The fourth-order valence-corrected chi connectivity index (χ4v) is 1.74. The zero-order valence-electron chi connectivity index (χ0n) is 11.0. The topological polar surface area (TPSA) is 57.6 Å². The molecule has 1 unspecified atom stereocenters. The van der Waals surface area contributed by atoms with Crippen molar-refractivity contribution in [2.24, 2.45) is 5.92 Å². The minimum Gasteiger partial charge on any atom is -0.478 e. The number of carboxylic acid groups (broad SMARTS) is 1. The van der Waals surface area contributed by atoms with Crippen LogP contribution in [-0.2, 0) is 0 Å². The van der Waals surface area contributed by atoms with E-state index in [1.165, 1.54) is 6.07 Å². The van der Waals surface area contributed by atoms with Crippen LogP contribution in [0.1, 0.15) is 41.0 Å². The summed E-state index contributed by atoms with van der Waals surface area (Å²) in [5, 5.41) is 9.05. The number of amides is 1. The first kappa shape index (κ1) is 14.2. The largest absolute Gasteiger partial charge is 0.478 e. The SMILES string of the molecule is CCC(C)CN(C)C(=O)c1ccccc1C(=O)O. The van der Waals surface area contributed by atoms with E-state index < -0.39 is 5.97 Å². The molecule has 0 saturated heterocycles. The van der Waals surface area contributed by atoms with E-state index in [1.54, 1.807) is 30.1 Å². The Hall–Kier alpha value is -1.84. The zero-order valence-corrected chi connectivity index (χ0v) is 11.0. The third-order valence-electron chi connectivity index (χ3n) is 3.02. The summed E-state index contributed by atoms with van der Waals surface area (Å²) >= 11 is 0. The van der Waals surface area contributed by atoms with E-state index in [0.29, 0.717) is 12.5 Å². The smallest absolute Gasteiger partial charge is 0.336 e. The van der Waals surface area contributed by atoms with Crippen LogP contribution < -0.4 is 0 Å². The van der Waals surface area contributed by atoms with Gasteiger partial charge in [-0.3, -0.25) is 4.79 Å². The molecular weight excluding hydrogens is 230 g/mol. The number of carbonyl (C=O) groups excluding carboxylic acids is 1. The van der Waals surface area contributed by atoms with Crippen LogP contribution in [0.25, 0.3) is 0 Å². The molecule has 0 bridgehead atoms. The van der Waals surface area contributed by atoms with Crippen molar-refractivity contribution < 1.29 is 14.7 Å². The predicted octanol–water partition coefficient (Wildman–Crippen LogP) is 2.50. The quantitative estimate of drug-likeness (QED) is 0.872.